The molecule has 0 radical (unpaired) electrons. The molecular weight excluding hydrogens is 342 g/mol. The zero-order chi connectivity index (χ0) is 15.5. The van der Waals surface area contributed by atoms with Crippen LogP contribution in [0.3, 0.4) is 0 Å². The molecule has 0 fully saturated rings. The average molecular weight is 356 g/mol. The predicted molar refractivity (Wildman–Crippen MR) is 91.7 cm³/mol. The molecule has 1 aliphatic rings. The van der Waals surface area contributed by atoms with Crippen molar-refractivity contribution in [1.29, 1.82) is 0 Å². The molecule has 2 aromatic carbocycles. The molecule has 4 heteroatoms. The van der Waals surface area contributed by atoms with Crippen LogP contribution in [0.4, 0.5) is 5.69 Å². The van der Waals surface area contributed by atoms with Gasteiger partial charge in [0.2, 0.25) is 0 Å². The van der Waals surface area contributed by atoms with E-state index in [9.17, 15) is 4.79 Å². The summed E-state index contributed by atoms with van der Waals surface area (Å²) in [5.41, 5.74) is 3.31. The zero-order valence-electron chi connectivity index (χ0n) is 12.0. The molecule has 3 rings (SSSR count). The highest BCUT2D eigenvalue weighted by atomic mass is 79.9. The quantitative estimate of drug-likeness (QED) is 0.848. The van der Waals surface area contributed by atoms with Gasteiger partial charge in [0.05, 0.1) is 6.26 Å². The van der Waals surface area contributed by atoms with Gasteiger partial charge in [-0.3, -0.25) is 4.79 Å². The van der Waals surface area contributed by atoms with Gasteiger partial charge in [-0.05, 0) is 55.5 Å². The van der Waals surface area contributed by atoms with Gasteiger partial charge in [-0.1, -0.05) is 27.6 Å². The minimum atomic E-state index is -0.170. The Morgan fingerprint density at radius 2 is 1.91 bits per heavy atom. The first-order valence-corrected chi connectivity index (χ1v) is 7.63. The van der Waals surface area contributed by atoms with Crippen molar-refractivity contribution in [3.63, 3.8) is 0 Å². The van der Waals surface area contributed by atoms with Gasteiger partial charge in [0.15, 0.2) is 0 Å². The standard InChI is InChI=1S/C18H14BrNO2/c1-12-2-7-17-14(10-12)11-13(8-9-22-17)18(21)20-16-5-3-15(19)4-6-16/h2-11H,1H3,(H,20,21). The first-order valence-electron chi connectivity index (χ1n) is 6.84. The summed E-state index contributed by atoms with van der Waals surface area (Å²) < 4.78 is 6.50. The third-order valence-electron chi connectivity index (χ3n) is 3.28. The van der Waals surface area contributed by atoms with Gasteiger partial charge in [0, 0.05) is 21.3 Å². The molecule has 0 bridgehead atoms. The molecule has 22 heavy (non-hydrogen) atoms. The van der Waals surface area contributed by atoms with Crippen molar-refractivity contribution in [2.45, 2.75) is 6.92 Å². The number of anilines is 1. The van der Waals surface area contributed by atoms with Crippen LogP contribution < -0.4 is 10.1 Å². The first kappa shape index (κ1) is 14.6. The largest absolute Gasteiger partial charge is 0.464 e. The molecule has 0 saturated heterocycles. The fraction of sp³-hybridized carbons (Fsp3) is 0.0556. The van der Waals surface area contributed by atoms with Crippen LogP contribution in [-0.4, -0.2) is 5.91 Å². The third-order valence-corrected chi connectivity index (χ3v) is 3.81. The van der Waals surface area contributed by atoms with Gasteiger partial charge in [0.25, 0.3) is 5.91 Å². The Labute approximate surface area is 137 Å². The molecule has 0 unspecified atom stereocenters. The number of fused-ring (bicyclic) bond motifs is 1. The molecule has 1 amide bonds. The first-order chi connectivity index (χ1) is 10.6. The Hall–Kier alpha value is -2.33. The molecule has 0 saturated carbocycles. The van der Waals surface area contributed by atoms with Crippen molar-refractivity contribution in [3.05, 3.63) is 76.0 Å². The highest BCUT2D eigenvalue weighted by molar-refractivity contribution is 9.10. The Morgan fingerprint density at radius 1 is 1.14 bits per heavy atom. The van der Waals surface area contributed by atoms with Crippen LogP contribution >= 0.6 is 15.9 Å². The van der Waals surface area contributed by atoms with Crippen LogP contribution in [0.25, 0.3) is 6.08 Å². The second-order valence-corrected chi connectivity index (χ2v) is 5.94. The lowest BCUT2D eigenvalue weighted by Crippen LogP contribution is -2.12. The van der Waals surface area contributed by atoms with E-state index >= 15 is 0 Å². The molecule has 1 aliphatic heterocycles. The van der Waals surface area contributed by atoms with Crippen molar-refractivity contribution >= 4 is 33.6 Å². The van der Waals surface area contributed by atoms with E-state index in [2.05, 4.69) is 21.2 Å². The average Bonchev–Trinajstić information content (AvgIpc) is 2.71. The smallest absolute Gasteiger partial charge is 0.255 e. The number of benzene rings is 2. The molecule has 0 aliphatic carbocycles. The van der Waals surface area contributed by atoms with Crippen LogP contribution in [0.15, 0.2) is 64.8 Å². The Bertz CT molecular complexity index is 776. The van der Waals surface area contributed by atoms with E-state index in [1.165, 1.54) is 6.26 Å². The predicted octanol–water partition coefficient (Wildman–Crippen LogP) is 4.69. The van der Waals surface area contributed by atoms with Gasteiger partial charge >= 0.3 is 0 Å². The normalized spacial score (nSPS) is 12.7. The number of ether oxygens (including phenoxy) is 1. The summed E-state index contributed by atoms with van der Waals surface area (Å²) in [6.45, 7) is 2.01. The highest BCUT2D eigenvalue weighted by Gasteiger charge is 2.12. The summed E-state index contributed by atoms with van der Waals surface area (Å²) in [6, 6.07) is 13.3. The number of halogens is 1. The maximum Gasteiger partial charge on any atom is 0.255 e. The molecule has 2 aromatic rings. The lowest BCUT2D eigenvalue weighted by molar-refractivity contribution is -0.112. The second kappa shape index (κ2) is 6.20. The number of carbonyl (C=O) groups is 1. The molecule has 1 N–H and O–H groups in total. The number of aryl methyl sites for hydroxylation is 1. The van der Waals surface area contributed by atoms with Gasteiger partial charge in [0.1, 0.15) is 5.75 Å². The summed E-state index contributed by atoms with van der Waals surface area (Å²) in [5, 5.41) is 2.88. The van der Waals surface area contributed by atoms with Crippen molar-refractivity contribution in [1.82, 2.24) is 0 Å². The van der Waals surface area contributed by atoms with Crippen molar-refractivity contribution in [2.24, 2.45) is 0 Å². The molecule has 1 heterocycles. The number of hydrogen-bond acceptors (Lipinski definition) is 2. The van der Waals surface area contributed by atoms with Crippen LogP contribution in [0.5, 0.6) is 5.75 Å². The number of amides is 1. The zero-order valence-corrected chi connectivity index (χ0v) is 13.6. The summed E-state index contributed by atoms with van der Waals surface area (Å²) in [6.07, 6.45) is 5.04. The molecular formula is C18H14BrNO2. The molecule has 0 atom stereocenters. The van der Waals surface area contributed by atoms with E-state index in [1.54, 1.807) is 6.08 Å². The number of nitrogens with one attached hydrogen (secondary N) is 1. The van der Waals surface area contributed by atoms with Gasteiger partial charge in [-0.25, -0.2) is 0 Å². The van der Waals surface area contributed by atoms with E-state index in [-0.39, 0.29) is 5.91 Å². The SMILES string of the molecule is Cc1ccc2c(c1)C=C(C(=O)Nc1ccc(Br)cc1)C=CO2. The Kier molecular flexibility index (Phi) is 4.11. The molecule has 3 nitrogen and oxygen atoms in total. The third kappa shape index (κ3) is 3.28. The van der Waals surface area contributed by atoms with Crippen molar-refractivity contribution < 1.29 is 9.53 Å². The van der Waals surface area contributed by atoms with Crippen LogP contribution in [0, 0.1) is 6.92 Å². The lowest BCUT2D eigenvalue weighted by Gasteiger charge is -2.06. The highest BCUT2D eigenvalue weighted by Crippen LogP contribution is 2.26. The van der Waals surface area contributed by atoms with Crippen LogP contribution in [0.2, 0.25) is 0 Å². The summed E-state index contributed by atoms with van der Waals surface area (Å²) in [4.78, 5) is 12.4. The fourth-order valence-corrected chi connectivity index (χ4v) is 2.43. The summed E-state index contributed by atoms with van der Waals surface area (Å²) in [5.74, 6) is 0.574. The lowest BCUT2D eigenvalue weighted by atomic mass is 10.1. The Balaban J connectivity index is 1.86. The van der Waals surface area contributed by atoms with Crippen LogP contribution in [-0.2, 0) is 4.79 Å². The number of rotatable bonds is 2. The Morgan fingerprint density at radius 3 is 2.68 bits per heavy atom. The number of hydrogen-bond donors (Lipinski definition) is 1. The van der Waals surface area contributed by atoms with Gasteiger partial charge in [-0.15, -0.1) is 0 Å². The minimum Gasteiger partial charge on any atom is -0.464 e. The van der Waals surface area contributed by atoms with Gasteiger partial charge < -0.3 is 10.1 Å². The van der Waals surface area contributed by atoms with E-state index in [0.29, 0.717) is 5.57 Å². The minimum absolute atomic E-state index is 0.170. The summed E-state index contributed by atoms with van der Waals surface area (Å²) >= 11 is 3.37. The van der Waals surface area contributed by atoms with E-state index in [1.807, 2.05) is 55.5 Å². The monoisotopic (exact) mass is 355 g/mol. The van der Waals surface area contributed by atoms with E-state index in [4.69, 9.17) is 4.74 Å². The summed E-state index contributed by atoms with van der Waals surface area (Å²) in [7, 11) is 0. The van der Waals surface area contributed by atoms with E-state index in [0.717, 1.165) is 27.0 Å². The topological polar surface area (TPSA) is 38.3 Å². The fourth-order valence-electron chi connectivity index (χ4n) is 2.16. The molecule has 110 valence electrons. The van der Waals surface area contributed by atoms with E-state index < -0.39 is 0 Å². The molecule has 0 aromatic heterocycles. The maximum atomic E-state index is 12.4. The maximum absolute atomic E-state index is 12.4. The molecule has 0 spiro atoms. The van der Waals surface area contributed by atoms with Crippen LogP contribution in [0.1, 0.15) is 11.1 Å². The van der Waals surface area contributed by atoms with Gasteiger partial charge in [-0.2, -0.15) is 0 Å². The van der Waals surface area contributed by atoms with Crippen molar-refractivity contribution in [2.75, 3.05) is 5.32 Å². The van der Waals surface area contributed by atoms with Crippen molar-refractivity contribution in [3.8, 4) is 5.75 Å². The second-order valence-electron chi connectivity index (χ2n) is 5.02. The number of carbonyl (C=O) groups excluding carboxylic acids is 1.